The van der Waals surface area contributed by atoms with Gasteiger partial charge < -0.3 is 14.5 Å². The summed E-state index contributed by atoms with van der Waals surface area (Å²) in [4.78, 5) is 26.9. The molecule has 0 aromatic heterocycles. The molecule has 0 atom stereocenters. The minimum atomic E-state index is -0.380. The Kier molecular flexibility index (Phi) is 5.81. The van der Waals surface area contributed by atoms with E-state index in [1.165, 1.54) is 6.07 Å². The molecule has 0 aliphatic carbocycles. The monoisotopic (exact) mass is 389 g/mol. The summed E-state index contributed by atoms with van der Waals surface area (Å²) in [7, 11) is 0. The average molecular weight is 390 g/mol. The SMILES string of the molecule is Cc1cc(OCC(=O)N2CCN(c3ccccc3[N+](=O)[O-])CC2)ccc1Cl. The number of para-hydroxylation sites is 2. The number of ether oxygens (including phenoxy) is 1. The number of benzene rings is 2. The molecule has 1 aliphatic rings. The number of halogens is 1. The second-order valence-corrected chi connectivity index (χ2v) is 6.72. The maximum absolute atomic E-state index is 12.4. The molecular formula is C19H20ClN3O4. The van der Waals surface area contributed by atoms with Crippen molar-refractivity contribution < 1.29 is 14.5 Å². The maximum atomic E-state index is 12.4. The van der Waals surface area contributed by atoms with Gasteiger partial charge >= 0.3 is 0 Å². The van der Waals surface area contributed by atoms with Gasteiger partial charge in [-0.05, 0) is 36.8 Å². The van der Waals surface area contributed by atoms with E-state index in [2.05, 4.69) is 0 Å². The molecule has 1 aliphatic heterocycles. The lowest BCUT2D eigenvalue weighted by Gasteiger charge is -2.35. The summed E-state index contributed by atoms with van der Waals surface area (Å²) in [5, 5.41) is 11.8. The molecule has 8 heteroatoms. The van der Waals surface area contributed by atoms with Gasteiger partial charge in [-0.2, -0.15) is 0 Å². The highest BCUT2D eigenvalue weighted by molar-refractivity contribution is 6.31. The highest BCUT2D eigenvalue weighted by atomic mass is 35.5. The Bertz CT molecular complexity index is 851. The van der Waals surface area contributed by atoms with Gasteiger partial charge in [0.2, 0.25) is 0 Å². The second-order valence-electron chi connectivity index (χ2n) is 6.31. The van der Waals surface area contributed by atoms with Crippen LogP contribution in [0.1, 0.15) is 5.56 Å². The molecule has 2 aromatic rings. The van der Waals surface area contributed by atoms with Gasteiger partial charge in [-0.3, -0.25) is 14.9 Å². The number of hydrogen-bond donors (Lipinski definition) is 0. The van der Waals surface area contributed by atoms with Crippen molar-refractivity contribution in [2.45, 2.75) is 6.92 Å². The van der Waals surface area contributed by atoms with Crippen LogP contribution in [0.5, 0.6) is 5.75 Å². The number of nitro benzene ring substituents is 1. The third-order valence-electron chi connectivity index (χ3n) is 4.54. The number of piperazine rings is 1. The molecule has 27 heavy (non-hydrogen) atoms. The van der Waals surface area contributed by atoms with E-state index >= 15 is 0 Å². The van der Waals surface area contributed by atoms with Crippen LogP contribution in [0.4, 0.5) is 11.4 Å². The minimum Gasteiger partial charge on any atom is -0.484 e. The first-order valence-corrected chi connectivity index (χ1v) is 8.98. The van der Waals surface area contributed by atoms with Crippen molar-refractivity contribution in [2.75, 3.05) is 37.7 Å². The summed E-state index contributed by atoms with van der Waals surface area (Å²) in [6.07, 6.45) is 0. The molecule has 0 spiro atoms. The number of rotatable bonds is 5. The van der Waals surface area contributed by atoms with Crippen LogP contribution in [0.2, 0.25) is 5.02 Å². The molecule has 0 unspecified atom stereocenters. The van der Waals surface area contributed by atoms with Crippen molar-refractivity contribution in [1.29, 1.82) is 0 Å². The predicted molar refractivity (Wildman–Crippen MR) is 104 cm³/mol. The Balaban J connectivity index is 1.55. The van der Waals surface area contributed by atoms with E-state index in [4.69, 9.17) is 16.3 Å². The van der Waals surface area contributed by atoms with Crippen LogP contribution < -0.4 is 9.64 Å². The molecule has 1 amide bonds. The van der Waals surface area contributed by atoms with Crippen LogP contribution in [-0.4, -0.2) is 48.5 Å². The van der Waals surface area contributed by atoms with Gasteiger partial charge in [0.1, 0.15) is 11.4 Å². The van der Waals surface area contributed by atoms with Crippen LogP contribution in [0.15, 0.2) is 42.5 Å². The maximum Gasteiger partial charge on any atom is 0.292 e. The quantitative estimate of drug-likeness (QED) is 0.579. The zero-order valence-corrected chi connectivity index (χ0v) is 15.7. The fourth-order valence-electron chi connectivity index (χ4n) is 3.03. The van der Waals surface area contributed by atoms with Crippen molar-refractivity contribution >= 4 is 28.9 Å². The van der Waals surface area contributed by atoms with Crippen molar-refractivity contribution in [3.05, 3.63) is 63.2 Å². The van der Waals surface area contributed by atoms with Crippen LogP contribution in [0.3, 0.4) is 0 Å². The molecule has 142 valence electrons. The van der Waals surface area contributed by atoms with Gasteiger partial charge in [-0.15, -0.1) is 0 Å². The third kappa shape index (κ3) is 4.49. The third-order valence-corrected chi connectivity index (χ3v) is 4.97. The van der Waals surface area contributed by atoms with Crippen LogP contribution in [0.25, 0.3) is 0 Å². The molecule has 2 aromatic carbocycles. The lowest BCUT2D eigenvalue weighted by atomic mass is 10.2. The van der Waals surface area contributed by atoms with Crippen molar-refractivity contribution in [3.8, 4) is 5.75 Å². The van der Waals surface area contributed by atoms with E-state index in [1.54, 1.807) is 41.3 Å². The molecule has 1 heterocycles. The summed E-state index contributed by atoms with van der Waals surface area (Å²) in [6.45, 7) is 3.89. The molecule has 1 fully saturated rings. The highest BCUT2D eigenvalue weighted by Gasteiger charge is 2.25. The zero-order chi connectivity index (χ0) is 19.4. The number of hydrogen-bond acceptors (Lipinski definition) is 5. The summed E-state index contributed by atoms with van der Waals surface area (Å²) >= 11 is 5.98. The van der Waals surface area contributed by atoms with Crippen LogP contribution >= 0.6 is 11.6 Å². The first-order valence-electron chi connectivity index (χ1n) is 8.61. The number of nitro groups is 1. The van der Waals surface area contributed by atoms with E-state index in [0.717, 1.165) is 5.56 Å². The van der Waals surface area contributed by atoms with E-state index in [1.807, 2.05) is 11.8 Å². The predicted octanol–water partition coefficient (Wildman–Crippen LogP) is 3.28. The smallest absolute Gasteiger partial charge is 0.292 e. The largest absolute Gasteiger partial charge is 0.484 e. The topological polar surface area (TPSA) is 75.9 Å². The summed E-state index contributed by atoms with van der Waals surface area (Å²) < 4.78 is 5.57. The number of carbonyl (C=O) groups excluding carboxylic acids is 1. The number of anilines is 1. The van der Waals surface area contributed by atoms with Gasteiger partial charge in [0.25, 0.3) is 11.6 Å². The fourth-order valence-corrected chi connectivity index (χ4v) is 3.14. The summed E-state index contributed by atoms with van der Waals surface area (Å²) in [5.41, 5.74) is 1.56. The number of aryl methyl sites for hydroxylation is 1. The molecule has 0 bridgehead atoms. The number of nitrogens with zero attached hydrogens (tertiary/aromatic N) is 3. The van der Waals surface area contributed by atoms with Gasteiger partial charge in [0.15, 0.2) is 6.61 Å². The standard InChI is InChI=1S/C19H20ClN3O4/c1-14-12-15(6-7-16(14)20)27-13-19(24)22-10-8-21(9-11-22)17-4-2-3-5-18(17)23(25)26/h2-7,12H,8-11,13H2,1H3. The Labute approximate surface area is 162 Å². The van der Waals surface area contributed by atoms with Crippen molar-refractivity contribution in [1.82, 2.24) is 4.90 Å². The molecule has 7 nitrogen and oxygen atoms in total. The first kappa shape index (κ1) is 19.0. The van der Waals surface area contributed by atoms with Crippen LogP contribution in [0, 0.1) is 17.0 Å². The normalized spacial score (nSPS) is 14.1. The lowest BCUT2D eigenvalue weighted by Crippen LogP contribution is -2.50. The first-order chi connectivity index (χ1) is 13.0. The molecule has 0 saturated carbocycles. The minimum absolute atomic E-state index is 0.0491. The Morgan fingerprint density at radius 1 is 1.19 bits per heavy atom. The zero-order valence-electron chi connectivity index (χ0n) is 14.9. The molecule has 0 radical (unpaired) electrons. The van der Waals surface area contributed by atoms with E-state index in [0.29, 0.717) is 42.6 Å². The van der Waals surface area contributed by atoms with Crippen molar-refractivity contribution in [3.63, 3.8) is 0 Å². The van der Waals surface area contributed by atoms with E-state index in [9.17, 15) is 14.9 Å². The number of amides is 1. The average Bonchev–Trinajstić information content (AvgIpc) is 2.68. The molecule has 3 rings (SSSR count). The second kappa shape index (κ2) is 8.26. The van der Waals surface area contributed by atoms with E-state index < -0.39 is 0 Å². The highest BCUT2D eigenvalue weighted by Crippen LogP contribution is 2.28. The Morgan fingerprint density at radius 3 is 2.56 bits per heavy atom. The molecule has 0 N–H and O–H groups in total. The number of carbonyl (C=O) groups is 1. The van der Waals surface area contributed by atoms with Gasteiger partial charge in [-0.1, -0.05) is 23.7 Å². The summed E-state index contributed by atoms with van der Waals surface area (Å²) in [5.74, 6) is 0.494. The molecular weight excluding hydrogens is 370 g/mol. The Hall–Kier alpha value is -2.80. The lowest BCUT2D eigenvalue weighted by molar-refractivity contribution is -0.384. The van der Waals surface area contributed by atoms with Crippen LogP contribution in [-0.2, 0) is 4.79 Å². The Morgan fingerprint density at radius 2 is 1.89 bits per heavy atom. The fraction of sp³-hybridized carbons (Fsp3) is 0.316. The van der Waals surface area contributed by atoms with Crippen molar-refractivity contribution in [2.24, 2.45) is 0 Å². The molecule has 1 saturated heterocycles. The van der Waals surface area contributed by atoms with Gasteiger partial charge in [0, 0.05) is 37.3 Å². The summed E-state index contributed by atoms with van der Waals surface area (Å²) in [6, 6.07) is 11.9. The van der Waals surface area contributed by atoms with Gasteiger partial charge in [-0.25, -0.2) is 0 Å². The van der Waals surface area contributed by atoms with E-state index in [-0.39, 0.29) is 23.1 Å². The van der Waals surface area contributed by atoms with Gasteiger partial charge in [0.05, 0.1) is 4.92 Å².